The van der Waals surface area contributed by atoms with Crippen LogP contribution in [0.2, 0.25) is 5.02 Å². The average Bonchev–Trinajstić information content (AvgIpc) is 3.54. The van der Waals surface area contributed by atoms with Gasteiger partial charge in [-0.25, -0.2) is 9.50 Å². The Kier molecular flexibility index (Phi) is 7.73. The number of hydrogen-bond acceptors (Lipinski definition) is 5. The van der Waals surface area contributed by atoms with Gasteiger partial charge in [0.25, 0.3) is 5.91 Å². The number of likely N-dealkylation sites (tertiary alicyclic amines) is 1. The van der Waals surface area contributed by atoms with Crippen LogP contribution in [0.25, 0.3) is 5.65 Å². The van der Waals surface area contributed by atoms with Gasteiger partial charge in [-0.3, -0.25) is 4.79 Å². The van der Waals surface area contributed by atoms with E-state index in [2.05, 4.69) is 18.0 Å². The summed E-state index contributed by atoms with van der Waals surface area (Å²) in [7, 11) is 0. The molecular formula is C26H35ClN6O. The number of hydrogen-bond donors (Lipinski definition) is 1. The Morgan fingerprint density at radius 1 is 1.12 bits per heavy atom. The topological polar surface area (TPSA) is 79.8 Å². The zero-order valence-corrected chi connectivity index (χ0v) is 21.2. The molecule has 2 aliphatic rings. The third-order valence-corrected chi connectivity index (χ3v) is 6.89. The van der Waals surface area contributed by atoms with Crippen molar-refractivity contribution in [3.05, 3.63) is 57.9 Å². The summed E-state index contributed by atoms with van der Waals surface area (Å²) < 4.78 is 1.85. The number of halogens is 1. The maximum Gasteiger partial charge on any atom is 0.254 e. The Balaban J connectivity index is 0.00000133. The number of aryl methyl sites for hydroxylation is 1. The highest BCUT2D eigenvalue weighted by Crippen LogP contribution is 2.33. The maximum absolute atomic E-state index is 13.6. The number of aromatic nitrogens is 3. The van der Waals surface area contributed by atoms with E-state index >= 15 is 0 Å². The lowest BCUT2D eigenvalue weighted by Gasteiger charge is -2.35. The van der Waals surface area contributed by atoms with Gasteiger partial charge in [0, 0.05) is 54.6 Å². The van der Waals surface area contributed by atoms with Crippen molar-refractivity contribution < 1.29 is 4.79 Å². The summed E-state index contributed by atoms with van der Waals surface area (Å²) in [5.41, 5.74) is 10.1. The Bertz CT molecular complexity index is 1150. The van der Waals surface area contributed by atoms with E-state index in [1.54, 1.807) is 12.1 Å². The first-order valence-electron chi connectivity index (χ1n) is 12.5. The van der Waals surface area contributed by atoms with Crippen molar-refractivity contribution >= 4 is 29.0 Å². The predicted molar refractivity (Wildman–Crippen MR) is 137 cm³/mol. The molecule has 0 saturated carbocycles. The molecule has 0 bridgehead atoms. The van der Waals surface area contributed by atoms with E-state index in [1.807, 2.05) is 35.4 Å². The largest absolute Gasteiger partial charge is 0.356 e. The quantitative estimate of drug-likeness (QED) is 0.556. The number of carbonyl (C=O) groups is 1. The summed E-state index contributed by atoms with van der Waals surface area (Å²) in [4.78, 5) is 22.8. The predicted octanol–water partition coefficient (Wildman–Crippen LogP) is 5.14. The molecule has 8 heteroatoms. The first-order chi connectivity index (χ1) is 16.5. The van der Waals surface area contributed by atoms with Crippen molar-refractivity contribution in [3.63, 3.8) is 0 Å². The van der Waals surface area contributed by atoms with Gasteiger partial charge in [0.05, 0.1) is 11.7 Å². The van der Waals surface area contributed by atoms with Crippen molar-refractivity contribution in [2.24, 2.45) is 5.73 Å². The number of fused-ring (bicyclic) bond motifs is 1. The standard InChI is InChI=1S/C24H29ClN6O.C2H6/c1-16-15-31-22(27-23(16)29-9-4-5-10-29)13-20(28-31)21-6-2-3-11-30(21)24(32)19-12-18(25)8-7-17(19)14-26;1-2/h7-8,12-13,15,21H,2-6,9-11,14,26H2,1H3;1-2H3. The number of nitrogens with zero attached hydrogens (tertiary/aromatic N) is 5. The average molecular weight is 483 g/mol. The molecular weight excluding hydrogens is 448 g/mol. The molecule has 0 spiro atoms. The zero-order chi connectivity index (χ0) is 24.2. The highest BCUT2D eigenvalue weighted by molar-refractivity contribution is 6.31. The van der Waals surface area contributed by atoms with Gasteiger partial charge in [-0.1, -0.05) is 31.5 Å². The summed E-state index contributed by atoms with van der Waals surface area (Å²) in [6.07, 6.45) is 7.40. The molecule has 0 radical (unpaired) electrons. The molecule has 2 aromatic heterocycles. The fourth-order valence-electron chi connectivity index (χ4n) is 4.99. The van der Waals surface area contributed by atoms with Crippen LogP contribution in [-0.4, -0.2) is 45.0 Å². The summed E-state index contributed by atoms with van der Waals surface area (Å²) in [6, 6.07) is 7.30. The second-order valence-corrected chi connectivity index (χ2v) is 9.27. The molecule has 182 valence electrons. The number of rotatable bonds is 4. The normalized spacial score (nSPS) is 18.2. The van der Waals surface area contributed by atoms with E-state index < -0.39 is 0 Å². The van der Waals surface area contributed by atoms with Gasteiger partial charge in [-0.15, -0.1) is 0 Å². The number of anilines is 1. The number of nitrogens with two attached hydrogens (primary N) is 1. The molecule has 0 aliphatic carbocycles. The van der Waals surface area contributed by atoms with Crippen LogP contribution in [0.4, 0.5) is 5.82 Å². The summed E-state index contributed by atoms with van der Waals surface area (Å²) in [5.74, 6) is 1.01. The van der Waals surface area contributed by atoms with E-state index in [0.717, 1.165) is 60.6 Å². The lowest BCUT2D eigenvalue weighted by Crippen LogP contribution is -2.39. The molecule has 1 amide bonds. The van der Waals surface area contributed by atoms with Crippen LogP contribution in [0, 0.1) is 6.92 Å². The van der Waals surface area contributed by atoms with Gasteiger partial charge in [-0.05, 0) is 56.7 Å². The Labute approximate surface area is 206 Å². The van der Waals surface area contributed by atoms with Gasteiger partial charge in [0.2, 0.25) is 0 Å². The van der Waals surface area contributed by atoms with Gasteiger partial charge >= 0.3 is 0 Å². The fraction of sp³-hybridized carbons (Fsp3) is 0.500. The Morgan fingerprint density at radius 3 is 2.59 bits per heavy atom. The second kappa shape index (κ2) is 10.7. The Morgan fingerprint density at radius 2 is 1.85 bits per heavy atom. The van der Waals surface area contributed by atoms with Crippen LogP contribution in [-0.2, 0) is 6.54 Å². The van der Waals surface area contributed by atoms with Crippen LogP contribution in [0.15, 0.2) is 30.5 Å². The maximum atomic E-state index is 13.6. The number of benzene rings is 1. The van der Waals surface area contributed by atoms with Crippen molar-refractivity contribution in [3.8, 4) is 0 Å². The lowest BCUT2D eigenvalue weighted by molar-refractivity contribution is 0.0604. The molecule has 2 fully saturated rings. The molecule has 5 rings (SSSR count). The summed E-state index contributed by atoms with van der Waals surface area (Å²) in [5, 5.41) is 5.38. The molecule has 2 saturated heterocycles. The van der Waals surface area contributed by atoms with Crippen LogP contribution < -0.4 is 10.6 Å². The highest BCUT2D eigenvalue weighted by Gasteiger charge is 2.32. The van der Waals surface area contributed by atoms with Crippen molar-refractivity contribution in [2.75, 3.05) is 24.5 Å². The smallest absolute Gasteiger partial charge is 0.254 e. The van der Waals surface area contributed by atoms with E-state index in [0.29, 0.717) is 23.7 Å². The minimum Gasteiger partial charge on any atom is -0.356 e. The molecule has 1 aromatic carbocycles. The lowest BCUT2D eigenvalue weighted by atomic mass is 9.97. The van der Waals surface area contributed by atoms with Crippen molar-refractivity contribution in [2.45, 2.75) is 65.5 Å². The third-order valence-electron chi connectivity index (χ3n) is 6.66. The number of carbonyl (C=O) groups excluding carboxylic acids is 1. The molecule has 4 heterocycles. The van der Waals surface area contributed by atoms with Gasteiger partial charge in [0.15, 0.2) is 5.65 Å². The van der Waals surface area contributed by atoms with Crippen LogP contribution in [0.3, 0.4) is 0 Å². The Hall–Kier alpha value is -2.64. The van der Waals surface area contributed by atoms with Crippen molar-refractivity contribution in [1.82, 2.24) is 19.5 Å². The van der Waals surface area contributed by atoms with E-state index in [4.69, 9.17) is 27.4 Å². The molecule has 2 N–H and O–H groups in total. The highest BCUT2D eigenvalue weighted by atomic mass is 35.5. The van der Waals surface area contributed by atoms with Crippen LogP contribution >= 0.6 is 11.6 Å². The van der Waals surface area contributed by atoms with Crippen LogP contribution in [0.5, 0.6) is 0 Å². The zero-order valence-electron chi connectivity index (χ0n) is 20.4. The number of piperidine rings is 1. The molecule has 1 atom stereocenters. The van der Waals surface area contributed by atoms with Crippen molar-refractivity contribution in [1.29, 1.82) is 0 Å². The minimum absolute atomic E-state index is 0.0309. The van der Waals surface area contributed by atoms with E-state index in [9.17, 15) is 4.79 Å². The van der Waals surface area contributed by atoms with Gasteiger partial charge in [0.1, 0.15) is 5.82 Å². The van der Waals surface area contributed by atoms with Gasteiger partial charge in [-0.2, -0.15) is 5.10 Å². The van der Waals surface area contributed by atoms with Crippen LogP contribution in [0.1, 0.15) is 79.2 Å². The minimum atomic E-state index is -0.0851. The van der Waals surface area contributed by atoms with Gasteiger partial charge < -0.3 is 15.5 Å². The van der Waals surface area contributed by atoms with E-state index in [-0.39, 0.29) is 11.9 Å². The fourth-order valence-corrected chi connectivity index (χ4v) is 5.17. The monoisotopic (exact) mass is 482 g/mol. The molecule has 34 heavy (non-hydrogen) atoms. The molecule has 1 unspecified atom stereocenters. The summed E-state index contributed by atoms with van der Waals surface area (Å²) >= 11 is 6.21. The third kappa shape index (κ3) is 4.77. The molecule has 3 aromatic rings. The first-order valence-corrected chi connectivity index (χ1v) is 12.8. The molecule has 2 aliphatic heterocycles. The summed E-state index contributed by atoms with van der Waals surface area (Å²) in [6.45, 7) is 9.19. The van der Waals surface area contributed by atoms with E-state index in [1.165, 1.54) is 12.8 Å². The number of amides is 1. The SMILES string of the molecule is CC.Cc1cn2nc(C3CCCCN3C(=O)c3cc(Cl)ccc3CN)cc2nc1N1CCCC1. The second-order valence-electron chi connectivity index (χ2n) is 8.83. The first kappa shape index (κ1) is 24.5. The molecule has 7 nitrogen and oxygen atoms in total.